The lowest BCUT2D eigenvalue weighted by Gasteiger charge is -2.13. The van der Waals surface area contributed by atoms with E-state index in [1.54, 1.807) is 23.1 Å². The molecular formula is C17H19N5O. The Labute approximate surface area is 134 Å². The van der Waals surface area contributed by atoms with E-state index in [4.69, 9.17) is 0 Å². The largest absolute Gasteiger partial charge is 0.321 e. The van der Waals surface area contributed by atoms with Gasteiger partial charge < -0.3 is 5.32 Å². The van der Waals surface area contributed by atoms with Gasteiger partial charge in [-0.1, -0.05) is 18.2 Å². The maximum absolute atomic E-state index is 12.5. The highest BCUT2D eigenvalue weighted by atomic mass is 16.2. The number of hydrogen-bond donors (Lipinski definition) is 1. The molecule has 1 aromatic carbocycles. The van der Waals surface area contributed by atoms with Crippen molar-refractivity contribution in [3.8, 4) is 5.69 Å². The van der Waals surface area contributed by atoms with Crippen LogP contribution in [-0.4, -0.2) is 25.5 Å². The van der Waals surface area contributed by atoms with Crippen LogP contribution in [-0.2, 0) is 4.79 Å². The lowest BCUT2D eigenvalue weighted by molar-refractivity contribution is -0.119. The average Bonchev–Trinajstić information content (AvgIpc) is 3.19. The number of carbonyl (C=O) groups is 1. The molecule has 1 unspecified atom stereocenters. The Morgan fingerprint density at radius 2 is 1.91 bits per heavy atom. The van der Waals surface area contributed by atoms with E-state index in [2.05, 4.69) is 15.5 Å². The summed E-state index contributed by atoms with van der Waals surface area (Å²) in [6, 6.07) is 11.3. The summed E-state index contributed by atoms with van der Waals surface area (Å²) in [6.07, 6.45) is 3.44. The number of aryl methyl sites for hydroxylation is 1. The third-order valence-electron chi connectivity index (χ3n) is 3.84. The van der Waals surface area contributed by atoms with Crippen molar-refractivity contribution in [1.82, 2.24) is 19.6 Å². The molecule has 2 heterocycles. The van der Waals surface area contributed by atoms with Crippen LogP contribution in [0, 0.1) is 13.8 Å². The van der Waals surface area contributed by atoms with E-state index in [1.165, 1.54) is 0 Å². The first-order chi connectivity index (χ1) is 11.1. The second-order valence-corrected chi connectivity index (χ2v) is 5.44. The Morgan fingerprint density at radius 1 is 1.17 bits per heavy atom. The van der Waals surface area contributed by atoms with Gasteiger partial charge in [0.15, 0.2) is 0 Å². The lowest BCUT2D eigenvalue weighted by atomic mass is 10.2. The molecule has 6 heteroatoms. The van der Waals surface area contributed by atoms with Crippen molar-refractivity contribution in [2.75, 3.05) is 5.32 Å². The van der Waals surface area contributed by atoms with E-state index in [1.807, 2.05) is 55.8 Å². The fourth-order valence-corrected chi connectivity index (χ4v) is 2.50. The standard InChI is InChI=1S/C17H19N5O/c1-12-16(19-17(23)14(3)21-11-7-10-18-21)13(2)22(20-12)15-8-5-4-6-9-15/h4-11,14H,1-3H3,(H,19,23). The minimum Gasteiger partial charge on any atom is -0.321 e. The third kappa shape index (κ3) is 2.88. The van der Waals surface area contributed by atoms with E-state index < -0.39 is 0 Å². The average molecular weight is 309 g/mol. The minimum atomic E-state index is -0.385. The van der Waals surface area contributed by atoms with Gasteiger partial charge in [0.25, 0.3) is 0 Å². The van der Waals surface area contributed by atoms with Crippen molar-refractivity contribution in [3.05, 3.63) is 60.2 Å². The summed E-state index contributed by atoms with van der Waals surface area (Å²) in [6.45, 7) is 5.65. The summed E-state index contributed by atoms with van der Waals surface area (Å²) in [7, 11) is 0. The van der Waals surface area contributed by atoms with Gasteiger partial charge >= 0.3 is 0 Å². The number of rotatable bonds is 4. The van der Waals surface area contributed by atoms with Crippen LogP contribution in [0.5, 0.6) is 0 Å². The Bertz CT molecular complexity index is 805. The molecule has 23 heavy (non-hydrogen) atoms. The Morgan fingerprint density at radius 3 is 2.57 bits per heavy atom. The molecular weight excluding hydrogens is 290 g/mol. The topological polar surface area (TPSA) is 64.7 Å². The van der Waals surface area contributed by atoms with E-state index in [9.17, 15) is 4.79 Å². The van der Waals surface area contributed by atoms with Crippen molar-refractivity contribution in [1.29, 1.82) is 0 Å². The number of aromatic nitrogens is 4. The van der Waals surface area contributed by atoms with E-state index in [0.717, 1.165) is 22.8 Å². The quantitative estimate of drug-likeness (QED) is 0.806. The van der Waals surface area contributed by atoms with Gasteiger partial charge in [-0.3, -0.25) is 9.48 Å². The highest BCUT2D eigenvalue weighted by molar-refractivity contribution is 5.94. The van der Waals surface area contributed by atoms with Gasteiger partial charge in [0, 0.05) is 12.4 Å². The monoisotopic (exact) mass is 309 g/mol. The van der Waals surface area contributed by atoms with Gasteiger partial charge in [0.2, 0.25) is 5.91 Å². The minimum absolute atomic E-state index is 0.118. The molecule has 0 aliphatic heterocycles. The maximum atomic E-state index is 12.5. The van der Waals surface area contributed by atoms with Gasteiger partial charge in [0.05, 0.1) is 22.8 Å². The van der Waals surface area contributed by atoms with Crippen LogP contribution >= 0.6 is 0 Å². The molecule has 118 valence electrons. The molecule has 0 spiro atoms. The number of nitrogens with one attached hydrogen (secondary N) is 1. The Balaban J connectivity index is 1.87. The molecule has 0 aliphatic carbocycles. The lowest BCUT2D eigenvalue weighted by Crippen LogP contribution is -2.24. The molecule has 0 saturated heterocycles. The second kappa shape index (κ2) is 6.08. The van der Waals surface area contributed by atoms with Crippen LogP contribution in [0.1, 0.15) is 24.4 Å². The normalized spacial score (nSPS) is 12.1. The van der Waals surface area contributed by atoms with Crippen LogP contribution in [0.4, 0.5) is 5.69 Å². The summed E-state index contributed by atoms with van der Waals surface area (Å²) < 4.78 is 3.46. The van der Waals surface area contributed by atoms with E-state index in [-0.39, 0.29) is 11.9 Å². The Kier molecular flexibility index (Phi) is 3.97. The molecule has 0 bridgehead atoms. The summed E-state index contributed by atoms with van der Waals surface area (Å²) in [5.74, 6) is -0.118. The van der Waals surface area contributed by atoms with Gasteiger partial charge in [0.1, 0.15) is 6.04 Å². The number of benzene rings is 1. The predicted octanol–water partition coefficient (Wildman–Crippen LogP) is 2.89. The van der Waals surface area contributed by atoms with E-state index >= 15 is 0 Å². The summed E-state index contributed by atoms with van der Waals surface area (Å²) in [5, 5.41) is 11.6. The number of nitrogens with zero attached hydrogens (tertiary/aromatic N) is 4. The van der Waals surface area contributed by atoms with Crippen molar-refractivity contribution in [3.63, 3.8) is 0 Å². The SMILES string of the molecule is Cc1nn(-c2ccccc2)c(C)c1NC(=O)C(C)n1cccn1. The van der Waals surface area contributed by atoms with Crippen molar-refractivity contribution < 1.29 is 4.79 Å². The number of carbonyl (C=O) groups excluding carboxylic acids is 1. The molecule has 0 saturated carbocycles. The van der Waals surface area contributed by atoms with Crippen LogP contribution in [0.3, 0.4) is 0 Å². The summed E-state index contributed by atoms with van der Waals surface area (Å²) in [5.41, 5.74) is 3.40. The molecule has 6 nitrogen and oxygen atoms in total. The fourth-order valence-electron chi connectivity index (χ4n) is 2.50. The van der Waals surface area contributed by atoms with Crippen molar-refractivity contribution in [2.45, 2.75) is 26.8 Å². The highest BCUT2D eigenvalue weighted by Crippen LogP contribution is 2.23. The predicted molar refractivity (Wildman–Crippen MR) is 88.6 cm³/mol. The maximum Gasteiger partial charge on any atom is 0.249 e. The molecule has 3 aromatic rings. The molecule has 0 fully saturated rings. The van der Waals surface area contributed by atoms with Crippen molar-refractivity contribution in [2.24, 2.45) is 0 Å². The summed E-state index contributed by atoms with van der Waals surface area (Å²) >= 11 is 0. The van der Waals surface area contributed by atoms with E-state index in [0.29, 0.717) is 0 Å². The zero-order valence-corrected chi connectivity index (χ0v) is 13.4. The zero-order chi connectivity index (χ0) is 16.4. The smallest absolute Gasteiger partial charge is 0.249 e. The molecule has 3 rings (SSSR count). The van der Waals surface area contributed by atoms with Crippen LogP contribution < -0.4 is 5.32 Å². The first-order valence-electron chi connectivity index (χ1n) is 7.49. The number of anilines is 1. The van der Waals surface area contributed by atoms with Gasteiger partial charge in [-0.15, -0.1) is 0 Å². The van der Waals surface area contributed by atoms with Gasteiger partial charge in [-0.25, -0.2) is 4.68 Å². The number of para-hydroxylation sites is 1. The molecule has 1 atom stereocenters. The number of amides is 1. The second-order valence-electron chi connectivity index (χ2n) is 5.44. The van der Waals surface area contributed by atoms with Crippen LogP contribution in [0.2, 0.25) is 0 Å². The van der Waals surface area contributed by atoms with Gasteiger partial charge in [-0.2, -0.15) is 10.2 Å². The zero-order valence-electron chi connectivity index (χ0n) is 13.4. The highest BCUT2D eigenvalue weighted by Gasteiger charge is 2.20. The molecule has 0 aliphatic rings. The van der Waals surface area contributed by atoms with Crippen LogP contribution in [0.15, 0.2) is 48.8 Å². The molecule has 0 radical (unpaired) electrons. The first kappa shape index (κ1) is 15.0. The number of hydrogen-bond acceptors (Lipinski definition) is 3. The van der Waals surface area contributed by atoms with Gasteiger partial charge in [-0.05, 0) is 39.0 Å². The molecule has 1 N–H and O–H groups in total. The first-order valence-corrected chi connectivity index (χ1v) is 7.49. The van der Waals surface area contributed by atoms with Crippen LogP contribution in [0.25, 0.3) is 5.69 Å². The fraction of sp³-hybridized carbons (Fsp3) is 0.235. The molecule has 2 aromatic heterocycles. The summed E-state index contributed by atoms with van der Waals surface area (Å²) in [4.78, 5) is 12.5. The van der Waals surface area contributed by atoms with Crippen molar-refractivity contribution >= 4 is 11.6 Å². The molecule has 1 amide bonds. The Hall–Kier alpha value is -2.89. The third-order valence-corrected chi connectivity index (χ3v) is 3.84.